The van der Waals surface area contributed by atoms with Crippen molar-refractivity contribution >= 4 is 11.6 Å². The molecule has 2 aromatic rings. The maximum Gasteiger partial charge on any atom is 0.248 e. The van der Waals surface area contributed by atoms with Crippen molar-refractivity contribution in [3.8, 4) is 28.7 Å². The number of benzene rings is 2. The Labute approximate surface area is 185 Å². The number of carbonyl (C=O) groups excluding carboxylic acids is 2. The van der Waals surface area contributed by atoms with E-state index in [0.29, 0.717) is 0 Å². The standard InChI is InChI=1S/C21H20O12/c22-6-13-15(26)17(28)19(30)21(33-13)31-8-4-11(25)14-12(5-8)32-20(18(29)16(14)27)7-1-2-9(23)10(24)3-7/h1-5,13,15,17,19-26,28,30H,6H2/t13-,15-,17+,19-,20?,21-/m1/s1. The monoisotopic (exact) mass is 464 g/mol. The molecule has 12 heteroatoms. The number of rotatable bonds is 4. The van der Waals surface area contributed by atoms with Crippen molar-refractivity contribution in [3.63, 3.8) is 0 Å². The molecule has 176 valence electrons. The predicted octanol–water partition coefficient (Wildman–Crippen LogP) is -1.13. The van der Waals surface area contributed by atoms with Crippen LogP contribution >= 0.6 is 0 Å². The number of carbonyl (C=O) groups is 2. The number of aliphatic hydroxyl groups is 4. The van der Waals surface area contributed by atoms with Crippen LogP contribution in [0.2, 0.25) is 0 Å². The van der Waals surface area contributed by atoms with Gasteiger partial charge in [0.25, 0.3) is 0 Å². The van der Waals surface area contributed by atoms with Gasteiger partial charge in [0, 0.05) is 17.7 Å². The molecule has 1 saturated heterocycles. The van der Waals surface area contributed by atoms with Crippen molar-refractivity contribution in [1.29, 1.82) is 0 Å². The van der Waals surface area contributed by atoms with E-state index in [1.54, 1.807) is 0 Å². The fourth-order valence-corrected chi connectivity index (χ4v) is 3.61. The Balaban J connectivity index is 1.65. The Bertz CT molecular complexity index is 1100. The van der Waals surface area contributed by atoms with E-state index in [9.17, 15) is 45.3 Å². The first-order valence-corrected chi connectivity index (χ1v) is 9.73. The molecule has 7 N–H and O–H groups in total. The van der Waals surface area contributed by atoms with E-state index in [2.05, 4.69) is 0 Å². The van der Waals surface area contributed by atoms with Gasteiger partial charge in [0.05, 0.1) is 6.61 Å². The zero-order valence-electron chi connectivity index (χ0n) is 16.7. The van der Waals surface area contributed by atoms with Crippen LogP contribution in [0.25, 0.3) is 0 Å². The number of aliphatic hydroxyl groups excluding tert-OH is 4. The molecule has 0 amide bonds. The first-order valence-electron chi connectivity index (χ1n) is 9.73. The molecule has 0 saturated carbocycles. The van der Waals surface area contributed by atoms with E-state index in [4.69, 9.17) is 14.2 Å². The maximum atomic E-state index is 12.6. The van der Waals surface area contributed by atoms with E-state index in [1.807, 2.05) is 0 Å². The summed E-state index contributed by atoms with van der Waals surface area (Å²) in [5.41, 5.74) is -0.366. The van der Waals surface area contributed by atoms with Crippen LogP contribution in [0, 0.1) is 0 Å². The van der Waals surface area contributed by atoms with Crippen molar-refractivity contribution in [1.82, 2.24) is 0 Å². The number of fused-ring (bicyclic) bond motifs is 1. The molecule has 2 heterocycles. The van der Waals surface area contributed by atoms with Gasteiger partial charge >= 0.3 is 0 Å². The zero-order chi connectivity index (χ0) is 24.0. The third-order valence-corrected chi connectivity index (χ3v) is 5.39. The molecular formula is C21H20O12. The van der Waals surface area contributed by atoms with Gasteiger partial charge in [0.2, 0.25) is 17.9 Å². The number of hydrogen-bond acceptors (Lipinski definition) is 12. The topological polar surface area (TPSA) is 203 Å². The van der Waals surface area contributed by atoms with Gasteiger partial charge in [0.1, 0.15) is 47.2 Å². The quantitative estimate of drug-likeness (QED) is 0.212. The molecule has 2 aliphatic rings. The lowest BCUT2D eigenvalue weighted by molar-refractivity contribution is -0.277. The first kappa shape index (κ1) is 22.8. The summed E-state index contributed by atoms with van der Waals surface area (Å²) < 4.78 is 16.3. The largest absolute Gasteiger partial charge is 0.507 e. The van der Waals surface area contributed by atoms with Crippen molar-refractivity contribution < 1.29 is 59.5 Å². The van der Waals surface area contributed by atoms with Gasteiger partial charge in [-0.3, -0.25) is 9.59 Å². The van der Waals surface area contributed by atoms with Gasteiger partial charge in [-0.2, -0.15) is 0 Å². The Kier molecular flexibility index (Phi) is 5.86. The molecule has 0 bridgehead atoms. The molecule has 0 aliphatic carbocycles. The minimum absolute atomic E-state index is 0.0639. The van der Waals surface area contributed by atoms with Crippen molar-refractivity contribution in [2.45, 2.75) is 36.8 Å². The lowest BCUT2D eigenvalue weighted by Crippen LogP contribution is -2.60. The minimum Gasteiger partial charge on any atom is -0.507 e. The van der Waals surface area contributed by atoms with Crippen LogP contribution in [-0.4, -0.2) is 84.6 Å². The highest BCUT2D eigenvalue weighted by molar-refractivity contribution is 6.47. The summed E-state index contributed by atoms with van der Waals surface area (Å²) in [5, 5.41) is 68.6. The fraction of sp³-hybridized carbons (Fsp3) is 0.333. The Morgan fingerprint density at radius 3 is 2.27 bits per heavy atom. The Hall–Kier alpha value is -3.42. The lowest BCUT2D eigenvalue weighted by Gasteiger charge is -2.39. The van der Waals surface area contributed by atoms with Gasteiger partial charge in [-0.15, -0.1) is 0 Å². The number of ketones is 2. The van der Waals surface area contributed by atoms with Crippen LogP contribution in [0.1, 0.15) is 22.0 Å². The van der Waals surface area contributed by atoms with Crippen molar-refractivity contribution in [3.05, 3.63) is 41.5 Å². The van der Waals surface area contributed by atoms with E-state index in [-0.39, 0.29) is 17.1 Å². The van der Waals surface area contributed by atoms with Gasteiger partial charge in [-0.1, -0.05) is 6.07 Å². The van der Waals surface area contributed by atoms with Crippen LogP contribution in [0.15, 0.2) is 30.3 Å². The summed E-state index contributed by atoms with van der Waals surface area (Å²) in [6.07, 6.45) is -9.31. The molecule has 12 nitrogen and oxygen atoms in total. The molecule has 0 radical (unpaired) electrons. The van der Waals surface area contributed by atoms with E-state index in [1.165, 1.54) is 6.07 Å². The van der Waals surface area contributed by atoms with Crippen molar-refractivity contribution in [2.24, 2.45) is 0 Å². The van der Waals surface area contributed by atoms with Crippen molar-refractivity contribution in [2.75, 3.05) is 6.61 Å². The highest BCUT2D eigenvalue weighted by Crippen LogP contribution is 2.42. The second kappa shape index (κ2) is 8.50. The Morgan fingerprint density at radius 1 is 0.879 bits per heavy atom. The average Bonchev–Trinajstić information content (AvgIpc) is 2.78. The summed E-state index contributed by atoms with van der Waals surface area (Å²) in [6.45, 7) is -0.679. The average molecular weight is 464 g/mol. The summed E-state index contributed by atoms with van der Waals surface area (Å²) in [6, 6.07) is 5.52. The maximum absolute atomic E-state index is 12.6. The summed E-state index contributed by atoms with van der Waals surface area (Å²) in [7, 11) is 0. The molecule has 1 fully saturated rings. The van der Waals surface area contributed by atoms with E-state index < -0.39 is 77.8 Å². The number of hydrogen-bond donors (Lipinski definition) is 7. The van der Waals surface area contributed by atoms with Crippen LogP contribution in [0.5, 0.6) is 28.7 Å². The van der Waals surface area contributed by atoms with Crippen LogP contribution in [0.4, 0.5) is 0 Å². The van der Waals surface area contributed by atoms with Gasteiger partial charge in [-0.05, 0) is 12.1 Å². The van der Waals surface area contributed by atoms with E-state index >= 15 is 0 Å². The minimum atomic E-state index is -1.72. The molecule has 0 aromatic heterocycles. The smallest absolute Gasteiger partial charge is 0.248 e. The van der Waals surface area contributed by atoms with E-state index in [0.717, 1.165) is 24.3 Å². The third kappa shape index (κ3) is 3.94. The predicted molar refractivity (Wildman–Crippen MR) is 105 cm³/mol. The second-order valence-corrected chi connectivity index (χ2v) is 7.57. The lowest BCUT2D eigenvalue weighted by atomic mass is 9.94. The molecular weight excluding hydrogens is 444 g/mol. The van der Waals surface area contributed by atoms with Gasteiger partial charge in [-0.25, -0.2) is 0 Å². The highest BCUT2D eigenvalue weighted by Gasteiger charge is 2.45. The second-order valence-electron chi connectivity index (χ2n) is 7.57. The van der Waals surface area contributed by atoms with Gasteiger partial charge < -0.3 is 50.0 Å². The van der Waals surface area contributed by atoms with Crippen LogP contribution in [-0.2, 0) is 9.53 Å². The number of phenols is 3. The van der Waals surface area contributed by atoms with Crippen LogP contribution < -0.4 is 9.47 Å². The van der Waals surface area contributed by atoms with Crippen LogP contribution in [0.3, 0.4) is 0 Å². The normalized spacial score (nSPS) is 29.3. The number of phenolic OH excluding ortho intramolecular Hbond substituents is 3. The summed E-state index contributed by atoms with van der Waals surface area (Å²) in [4.78, 5) is 25.1. The Morgan fingerprint density at radius 2 is 1.61 bits per heavy atom. The molecule has 6 atom stereocenters. The summed E-state index contributed by atoms with van der Waals surface area (Å²) >= 11 is 0. The summed E-state index contributed by atoms with van der Waals surface area (Å²) in [5.74, 6) is -4.18. The van der Waals surface area contributed by atoms with Gasteiger partial charge in [0.15, 0.2) is 17.6 Å². The number of aromatic hydroxyl groups is 3. The zero-order valence-corrected chi connectivity index (χ0v) is 16.7. The molecule has 33 heavy (non-hydrogen) atoms. The first-order chi connectivity index (χ1) is 15.6. The molecule has 4 rings (SSSR count). The molecule has 2 aliphatic heterocycles. The highest BCUT2D eigenvalue weighted by atomic mass is 16.7. The molecule has 2 aromatic carbocycles. The fourth-order valence-electron chi connectivity index (χ4n) is 3.61. The SMILES string of the molecule is O=C1C(=O)C(c2ccc(O)c(O)c2)Oc2cc(O[C@@H]3O[C@H](CO)[C@@H](O)[C@H](O)[C@H]3O)cc(O)c21. The third-order valence-electron chi connectivity index (χ3n) is 5.39. The number of Topliss-reactive ketones (excluding diaryl/α,β-unsaturated/α-hetero) is 2. The molecule has 1 unspecified atom stereocenters. The molecule has 0 spiro atoms. The number of ether oxygens (including phenoxy) is 3.